The van der Waals surface area contributed by atoms with E-state index >= 15 is 0 Å². The van der Waals surface area contributed by atoms with Gasteiger partial charge in [-0.3, -0.25) is 4.79 Å². The summed E-state index contributed by atoms with van der Waals surface area (Å²) in [5.74, 6) is -0.377. The molecule has 0 fully saturated rings. The van der Waals surface area contributed by atoms with Crippen LogP contribution in [0.25, 0.3) is 10.2 Å². The van der Waals surface area contributed by atoms with Crippen LogP contribution in [0.3, 0.4) is 0 Å². The summed E-state index contributed by atoms with van der Waals surface area (Å²) >= 11 is 1.26. The van der Waals surface area contributed by atoms with Crippen molar-refractivity contribution < 1.29 is 9.18 Å². The number of halogens is 1. The molecule has 2 heterocycles. The van der Waals surface area contributed by atoms with E-state index in [4.69, 9.17) is 0 Å². The molecule has 0 unspecified atom stereocenters. The van der Waals surface area contributed by atoms with Crippen molar-refractivity contribution in [3.05, 3.63) is 29.0 Å². The maximum Gasteiger partial charge on any atom is 0.160 e. The molecular formula is C8H4FNOS. The summed E-state index contributed by atoms with van der Waals surface area (Å²) in [6.07, 6.45) is 1.89. The Morgan fingerprint density at radius 2 is 2.33 bits per heavy atom. The molecule has 0 amide bonds. The quantitative estimate of drug-likeness (QED) is 0.631. The smallest absolute Gasteiger partial charge is 0.160 e. The van der Waals surface area contributed by atoms with Gasteiger partial charge in [0.2, 0.25) is 0 Å². The van der Waals surface area contributed by atoms with Crippen molar-refractivity contribution in [2.45, 2.75) is 0 Å². The molecule has 2 nitrogen and oxygen atoms in total. The molecule has 4 heteroatoms. The minimum Gasteiger partial charge on any atom is -0.297 e. The van der Waals surface area contributed by atoms with Crippen LogP contribution < -0.4 is 0 Å². The standard InChI is InChI=1S/C8H4FNOS/c9-6-1-5-2-7(4-11)12-8(5)10-3-6/h1-4H. The van der Waals surface area contributed by atoms with E-state index in [1.54, 1.807) is 6.07 Å². The highest BCUT2D eigenvalue weighted by atomic mass is 32.1. The SMILES string of the molecule is O=Cc1cc2cc(F)cnc2s1. The summed E-state index contributed by atoms with van der Waals surface area (Å²) in [7, 11) is 0. The molecule has 0 radical (unpaired) electrons. The Kier molecular flexibility index (Phi) is 1.62. The zero-order valence-electron chi connectivity index (χ0n) is 5.95. The number of hydrogen-bond donors (Lipinski definition) is 0. The minimum atomic E-state index is -0.377. The average molecular weight is 181 g/mol. The summed E-state index contributed by atoms with van der Waals surface area (Å²) in [5.41, 5.74) is 0. The second kappa shape index (κ2) is 2.64. The second-order valence-electron chi connectivity index (χ2n) is 2.31. The zero-order valence-corrected chi connectivity index (χ0v) is 6.77. The van der Waals surface area contributed by atoms with E-state index < -0.39 is 0 Å². The van der Waals surface area contributed by atoms with E-state index in [-0.39, 0.29) is 5.82 Å². The Hall–Kier alpha value is -1.29. The van der Waals surface area contributed by atoms with E-state index in [9.17, 15) is 9.18 Å². The zero-order chi connectivity index (χ0) is 8.55. The average Bonchev–Trinajstić information content (AvgIpc) is 2.46. The molecule has 0 spiro atoms. The van der Waals surface area contributed by atoms with Crippen LogP contribution in [0.5, 0.6) is 0 Å². The van der Waals surface area contributed by atoms with Gasteiger partial charge in [0.1, 0.15) is 10.6 Å². The minimum absolute atomic E-state index is 0.377. The molecule has 0 saturated heterocycles. The molecule has 0 aromatic carbocycles. The Morgan fingerprint density at radius 3 is 3.08 bits per heavy atom. The molecule has 2 rings (SSSR count). The summed E-state index contributed by atoms with van der Waals surface area (Å²) in [6, 6.07) is 2.99. The van der Waals surface area contributed by atoms with Gasteiger partial charge in [-0.25, -0.2) is 9.37 Å². The molecule has 0 aliphatic carbocycles. The van der Waals surface area contributed by atoms with Gasteiger partial charge in [0.25, 0.3) is 0 Å². The van der Waals surface area contributed by atoms with E-state index in [1.807, 2.05) is 0 Å². The first-order valence-corrected chi connectivity index (χ1v) is 4.11. The van der Waals surface area contributed by atoms with Crippen molar-refractivity contribution in [1.29, 1.82) is 0 Å². The number of thiophene rings is 1. The van der Waals surface area contributed by atoms with Crippen molar-refractivity contribution in [3.8, 4) is 0 Å². The first-order valence-electron chi connectivity index (χ1n) is 3.30. The van der Waals surface area contributed by atoms with Gasteiger partial charge in [0, 0.05) is 5.39 Å². The van der Waals surface area contributed by atoms with Crippen LogP contribution in [0.15, 0.2) is 18.3 Å². The third kappa shape index (κ3) is 1.10. The lowest BCUT2D eigenvalue weighted by Gasteiger charge is -1.86. The van der Waals surface area contributed by atoms with Crippen molar-refractivity contribution in [2.24, 2.45) is 0 Å². The molecule has 0 aliphatic rings. The Balaban J connectivity index is 2.75. The van der Waals surface area contributed by atoms with Gasteiger partial charge in [-0.15, -0.1) is 11.3 Å². The van der Waals surface area contributed by atoms with Crippen LogP contribution in [0.1, 0.15) is 9.67 Å². The van der Waals surface area contributed by atoms with Gasteiger partial charge in [-0.05, 0) is 12.1 Å². The van der Waals surface area contributed by atoms with Gasteiger partial charge >= 0.3 is 0 Å². The van der Waals surface area contributed by atoms with Crippen molar-refractivity contribution in [3.63, 3.8) is 0 Å². The van der Waals surface area contributed by atoms with Crippen molar-refractivity contribution >= 4 is 27.8 Å². The van der Waals surface area contributed by atoms with Gasteiger partial charge in [-0.2, -0.15) is 0 Å². The fourth-order valence-corrected chi connectivity index (χ4v) is 1.78. The molecule has 0 saturated carbocycles. The lowest BCUT2D eigenvalue weighted by atomic mass is 10.3. The number of carbonyl (C=O) groups is 1. The van der Waals surface area contributed by atoms with Crippen molar-refractivity contribution in [2.75, 3.05) is 0 Å². The van der Waals surface area contributed by atoms with Gasteiger partial charge < -0.3 is 0 Å². The summed E-state index contributed by atoms with van der Waals surface area (Å²) in [5, 5.41) is 0.683. The lowest BCUT2D eigenvalue weighted by molar-refractivity contribution is 0.112. The number of fused-ring (bicyclic) bond motifs is 1. The molecule has 0 bridgehead atoms. The third-order valence-electron chi connectivity index (χ3n) is 1.47. The Labute approximate surface area is 71.7 Å². The topological polar surface area (TPSA) is 30.0 Å². The largest absolute Gasteiger partial charge is 0.297 e. The number of aldehydes is 1. The van der Waals surface area contributed by atoms with Crippen LogP contribution in [0.2, 0.25) is 0 Å². The molecular weight excluding hydrogens is 177 g/mol. The fraction of sp³-hybridized carbons (Fsp3) is 0. The summed E-state index contributed by atoms with van der Waals surface area (Å²) in [6.45, 7) is 0. The summed E-state index contributed by atoms with van der Waals surface area (Å²) < 4.78 is 12.6. The summed E-state index contributed by atoms with van der Waals surface area (Å²) in [4.78, 5) is 15.4. The van der Waals surface area contributed by atoms with E-state index in [0.29, 0.717) is 15.1 Å². The predicted molar refractivity (Wildman–Crippen MR) is 45.0 cm³/mol. The molecule has 0 aliphatic heterocycles. The number of aromatic nitrogens is 1. The Morgan fingerprint density at radius 1 is 1.50 bits per heavy atom. The highest BCUT2D eigenvalue weighted by Crippen LogP contribution is 2.22. The molecule has 0 atom stereocenters. The molecule has 60 valence electrons. The number of rotatable bonds is 1. The van der Waals surface area contributed by atoms with Gasteiger partial charge in [0.05, 0.1) is 11.1 Å². The molecule has 0 N–H and O–H groups in total. The highest BCUT2D eigenvalue weighted by molar-refractivity contribution is 7.20. The fourth-order valence-electron chi connectivity index (χ4n) is 0.984. The van der Waals surface area contributed by atoms with Crippen molar-refractivity contribution in [1.82, 2.24) is 4.98 Å². The number of nitrogens with zero attached hydrogens (tertiary/aromatic N) is 1. The maximum atomic E-state index is 12.6. The van der Waals surface area contributed by atoms with Gasteiger partial charge in [0.15, 0.2) is 6.29 Å². The number of carbonyl (C=O) groups excluding carboxylic acids is 1. The van der Waals surface area contributed by atoms with Crippen LogP contribution in [-0.4, -0.2) is 11.3 Å². The molecule has 12 heavy (non-hydrogen) atoms. The predicted octanol–water partition coefficient (Wildman–Crippen LogP) is 2.25. The molecule has 2 aromatic rings. The van der Waals surface area contributed by atoms with E-state index in [1.165, 1.54) is 17.4 Å². The lowest BCUT2D eigenvalue weighted by Crippen LogP contribution is -1.74. The number of pyridine rings is 1. The van der Waals surface area contributed by atoms with E-state index in [2.05, 4.69) is 4.98 Å². The highest BCUT2D eigenvalue weighted by Gasteiger charge is 2.02. The van der Waals surface area contributed by atoms with Crippen LogP contribution in [0, 0.1) is 5.82 Å². The first kappa shape index (κ1) is 7.36. The van der Waals surface area contributed by atoms with Crippen LogP contribution >= 0.6 is 11.3 Å². The van der Waals surface area contributed by atoms with Crippen LogP contribution in [-0.2, 0) is 0 Å². The van der Waals surface area contributed by atoms with Gasteiger partial charge in [-0.1, -0.05) is 0 Å². The molecule has 2 aromatic heterocycles. The first-order chi connectivity index (χ1) is 5.79. The Bertz CT molecular complexity index is 438. The maximum absolute atomic E-state index is 12.6. The number of hydrogen-bond acceptors (Lipinski definition) is 3. The third-order valence-corrected chi connectivity index (χ3v) is 2.46. The van der Waals surface area contributed by atoms with E-state index in [0.717, 1.165) is 12.5 Å². The second-order valence-corrected chi connectivity index (χ2v) is 3.38. The van der Waals surface area contributed by atoms with Crippen LogP contribution in [0.4, 0.5) is 4.39 Å². The normalized spacial score (nSPS) is 10.4. The monoisotopic (exact) mass is 181 g/mol.